The SMILES string of the molecule is CC(C)(C)C(O)CNC(=O)CNC1CC1. The second kappa shape index (κ2) is 4.94. The van der Waals surface area contributed by atoms with Crippen molar-refractivity contribution >= 4 is 5.91 Å². The van der Waals surface area contributed by atoms with Crippen molar-refractivity contribution in [2.24, 2.45) is 5.41 Å². The largest absolute Gasteiger partial charge is 0.391 e. The molecule has 0 bridgehead atoms. The van der Waals surface area contributed by atoms with Crippen LogP contribution in [0.4, 0.5) is 0 Å². The van der Waals surface area contributed by atoms with Gasteiger partial charge in [0.2, 0.25) is 5.91 Å². The lowest BCUT2D eigenvalue weighted by Gasteiger charge is -2.25. The van der Waals surface area contributed by atoms with Gasteiger partial charge in [-0.15, -0.1) is 0 Å². The normalized spacial score (nSPS) is 18.7. The summed E-state index contributed by atoms with van der Waals surface area (Å²) >= 11 is 0. The molecule has 0 aromatic heterocycles. The lowest BCUT2D eigenvalue weighted by Crippen LogP contribution is -2.42. The topological polar surface area (TPSA) is 61.4 Å². The molecule has 3 N–H and O–H groups in total. The number of aliphatic hydroxyl groups excluding tert-OH is 1. The van der Waals surface area contributed by atoms with Crippen molar-refractivity contribution in [3.05, 3.63) is 0 Å². The van der Waals surface area contributed by atoms with Gasteiger partial charge in [-0.25, -0.2) is 0 Å². The molecule has 88 valence electrons. The Bertz CT molecular complexity index is 219. The smallest absolute Gasteiger partial charge is 0.234 e. The molecule has 0 aromatic carbocycles. The van der Waals surface area contributed by atoms with Crippen LogP contribution in [0, 0.1) is 5.41 Å². The molecule has 1 atom stereocenters. The van der Waals surface area contributed by atoms with E-state index in [9.17, 15) is 9.90 Å². The summed E-state index contributed by atoms with van der Waals surface area (Å²) in [7, 11) is 0. The summed E-state index contributed by atoms with van der Waals surface area (Å²) in [6.07, 6.45) is 1.86. The highest BCUT2D eigenvalue weighted by molar-refractivity contribution is 5.78. The third-order valence-corrected chi connectivity index (χ3v) is 2.62. The summed E-state index contributed by atoms with van der Waals surface area (Å²) in [4.78, 5) is 11.3. The highest BCUT2D eigenvalue weighted by atomic mass is 16.3. The Morgan fingerprint density at radius 2 is 2.07 bits per heavy atom. The molecule has 1 fully saturated rings. The lowest BCUT2D eigenvalue weighted by molar-refractivity contribution is -0.121. The number of carbonyl (C=O) groups excluding carboxylic acids is 1. The first-order chi connectivity index (χ1) is 6.89. The zero-order chi connectivity index (χ0) is 11.5. The van der Waals surface area contributed by atoms with E-state index in [0.717, 1.165) is 0 Å². The van der Waals surface area contributed by atoms with Crippen LogP contribution in [0.25, 0.3) is 0 Å². The highest BCUT2D eigenvalue weighted by Crippen LogP contribution is 2.18. The predicted octanol–water partition coefficient (Wildman–Crippen LogP) is 0.262. The van der Waals surface area contributed by atoms with Gasteiger partial charge in [-0.1, -0.05) is 20.8 Å². The second-order valence-corrected chi connectivity index (χ2v) is 5.34. The Morgan fingerprint density at radius 1 is 1.47 bits per heavy atom. The van der Waals surface area contributed by atoms with Crippen molar-refractivity contribution in [1.29, 1.82) is 0 Å². The number of amides is 1. The predicted molar refractivity (Wildman–Crippen MR) is 59.5 cm³/mol. The van der Waals surface area contributed by atoms with Crippen molar-refractivity contribution in [3.8, 4) is 0 Å². The van der Waals surface area contributed by atoms with Gasteiger partial charge in [0.15, 0.2) is 0 Å². The molecule has 1 amide bonds. The third-order valence-electron chi connectivity index (χ3n) is 2.62. The quantitative estimate of drug-likeness (QED) is 0.615. The van der Waals surface area contributed by atoms with Gasteiger partial charge in [-0.3, -0.25) is 4.79 Å². The minimum Gasteiger partial charge on any atom is -0.391 e. The van der Waals surface area contributed by atoms with Crippen molar-refractivity contribution in [2.45, 2.75) is 45.8 Å². The van der Waals surface area contributed by atoms with E-state index in [2.05, 4.69) is 10.6 Å². The summed E-state index contributed by atoms with van der Waals surface area (Å²) in [6.45, 7) is 6.54. The molecule has 1 unspecified atom stereocenters. The molecule has 4 nitrogen and oxygen atoms in total. The van der Waals surface area contributed by atoms with Crippen molar-refractivity contribution < 1.29 is 9.90 Å². The average Bonchev–Trinajstić information content (AvgIpc) is 2.92. The van der Waals surface area contributed by atoms with E-state index in [1.807, 2.05) is 20.8 Å². The van der Waals surface area contributed by atoms with Gasteiger partial charge >= 0.3 is 0 Å². The zero-order valence-corrected chi connectivity index (χ0v) is 9.84. The Kier molecular flexibility index (Phi) is 4.11. The maximum atomic E-state index is 11.3. The molecule has 0 heterocycles. The fourth-order valence-electron chi connectivity index (χ4n) is 1.10. The first-order valence-corrected chi connectivity index (χ1v) is 5.58. The molecule has 1 saturated carbocycles. The molecular weight excluding hydrogens is 192 g/mol. The first kappa shape index (κ1) is 12.5. The Labute approximate surface area is 91.4 Å². The highest BCUT2D eigenvalue weighted by Gasteiger charge is 2.23. The van der Waals surface area contributed by atoms with Crippen molar-refractivity contribution in [2.75, 3.05) is 13.1 Å². The van der Waals surface area contributed by atoms with E-state index in [1.54, 1.807) is 0 Å². The van der Waals surface area contributed by atoms with E-state index in [-0.39, 0.29) is 11.3 Å². The molecule has 0 radical (unpaired) electrons. The second-order valence-electron chi connectivity index (χ2n) is 5.34. The minimum absolute atomic E-state index is 0.0369. The van der Waals surface area contributed by atoms with E-state index < -0.39 is 6.10 Å². The van der Waals surface area contributed by atoms with Crippen LogP contribution < -0.4 is 10.6 Å². The molecule has 1 aliphatic rings. The number of hydrogen-bond acceptors (Lipinski definition) is 3. The molecule has 1 rings (SSSR count). The molecule has 0 saturated heterocycles. The molecule has 0 aliphatic heterocycles. The number of carbonyl (C=O) groups is 1. The fraction of sp³-hybridized carbons (Fsp3) is 0.909. The Hall–Kier alpha value is -0.610. The fourth-order valence-corrected chi connectivity index (χ4v) is 1.10. The van der Waals surface area contributed by atoms with Gasteiger partial charge in [0.1, 0.15) is 0 Å². The summed E-state index contributed by atoms with van der Waals surface area (Å²) in [5, 5.41) is 15.5. The zero-order valence-electron chi connectivity index (χ0n) is 9.84. The summed E-state index contributed by atoms with van der Waals surface area (Å²) in [6, 6.07) is 0.545. The summed E-state index contributed by atoms with van der Waals surface area (Å²) in [5.74, 6) is -0.0369. The molecule has 0 spiro atoms. The van der Waals surface area contributed by atoms with Crippen LogP contribution in [0.2, 0.25) is 0 Å². The number of aliphatic hydroxyl groups is 1. The van der Waals surface area contributed by atoms with Crippen molar-refractivity contribution in [3.63, 3.8) is 0 Å². The molecule has 1 aliphatic carbocycles. The van der Waals surface area contributed by atoms with Gasteiger partial charge in [-0.2, -0.15) is 0 Å². The molecule has 15 heavy (non-hydrogen) atoms. The van der Waals surface area contributed by atoms with E-state index in [4.69, 9.17) is 0 Å². The van der Waals surface area contributed by atoms with Crippen LogP contribution in [0.5, 0.6) is 0 Å². The maximum absolute atomic E-state index is 11.3. The minimum atomic E-state index is -0.498. The van der Waals surface area contributed by atoms with Crippen LogP contribution >= 0.6 is 0 Å². The third kappa shape index (κ3) is 5.14. The van der Waals surface area contributed by atoms with Crippen LogP contribution in [0.15, 0.2) is 0 Å². The summed E-state index contributed by atoms with van der Waals surface area (Å²) in [5.41, 5.74) is -0.183. The van der Waals surface area contributed by atoms with Gasteiger partial charge in [0.25, 0.3) is 0 Å². The van der Waals surface area contributed by atoms with Crippen molar-refractivity contribution in [1.82, 2.24) is 10.6 Å². The Balaban J connectivity index is 2.09. The van der Waals surface area contributed by atoms with E-state index >= 15 is 0 Å². The van der Waals surface area contributed by atoms with Crippen LogP contribution in [0.3, 0.4) is 0 Å². The van der Waals surface area contributed by atoms with Crippen LogP contribution in [-0.4, -0.2) is 36.2 Å². The lowest BCUT2D eigenvalue weighted by atomic mass is 9.89. The molecule has 0 aromatic rings. The van der Waals surface area contributed by atoms with Crippen LogP contribution in [-0.2, 0) is 4.79 Å². The molecule has 4 heteroatoms. The monoisotopic (exact) mass is 214 g/mol. The first-order valence-electron chi connectivity index (χ1n) is 5.58. The molecular formula is C11H22N2O2. The number of nitrogens with one attached hydrogen (secondary N) is 2. The maximum Gasteiger partial charge on any atom is 0.234 e. The van der Waals surface area contributed by atoms with Gasteiger partial charge < -0.3 is 15.7 Å². The average molecular weight is 214 g/mol. The van der Waals surface area contributed by atoms with Crippen LogP contribution in [0.1, 0.15) is 33.6 Å². The standard InChI is InChI=1S/C11H22N2O2/c1-11(2,3)9(14)6-13-10(15)7-12-8-4-5-8/h8-9,12,14H,4-7H2,1-3H3,(H,13,15). The number of rotatable bonds is 5. The van der Waals surface area contributed by atoms with Gasteiger partial charge in [0, 0.05) is 12.6 Å². The van der Waals surface area contributed by atoms with E-state index in [0.29, 0.717) is 19.1 Å². The summed E-state index contributed by atoms with van der Waals surface area (Å²) < 4.78 is 0. The van der Waals surface area contributed by atoms with E-state index in [1.165, 1.54) is 12.8 Å². The van der Waals surface area contributed by atoms with Gasteiger partial charge in [-0.05, 0) is 18.3 Å². The Morgan fingerprint density at radius 3 is 2.53 bits per heavy atom. The number of hydrogen-bond donors (Lipinski definition) is 3. The van der Waals surface area contributed by atoms with Gasteiger partial charge in [0.05, 0.1) is 12.6 Å².